The molecule has 0 aliphatic carbocycles. The van der Waals surface area contributed by atoms with Gasteiger partial charge in [-0.05, 0) is 69.2 Å². The number of hydrogen-bond acceptors (Lipinski definition) is 4. The molecule has 2 saturated heterocycles. The Morgan fingerprint density at radius 2 is 1.92 bits per heavy atom. The number of aromatic nitrogens is 1. The van der Waals surface area contributed by atoms with Crippen LogP contribution in [0.5, 0.6) is 0 Å². The summed E-state index contributed by atoms with van der Waals surface area (Å²) in [5.74, 6) is 2.34. The normalized spacial score (nSPS) is 22.7. The number of piperidine rings is 2. The minimum absolute atomic E-state index is 0.578. The summed E-state index contributed by atoms with van der Waals surface area (Å²) in [7, 11) is 0. The maximum Gasteiger partial charge on any atom is 0.407 e. The summed E-state index contributed by atoms with van der Waals surface area (Å²) in [6, 6.07) is 4.51. The van der Waals surface area contributed by atoms with Gasteiger partial charge < -0.3 is 20.2 Å². The van der Waals surface area contributed by atoms with Crippen molar-refractivity contribution in [3.8, 4) is 0 Å². The number of carboxylic acid groups (broad SMARTS) is 1. The zero-order valence-corrected chi connectivity index (χ0v) is 15.5. The molecule has 4 heterocycles. The van der Waals surface area contributed by atoms with Gasteiger partial charge in [-0.25, -0.2) is 9.78 Å². The summed E-state index contributed by atoms with van der Waals surface area (Å²) in [5, 5.41) is 12.5. The monoisotopic (exact) mass is 358 g/mol. The van der Waals surface area contributed by atoms with E-state index in [0.29, 0.717) is 24.9 Å². The fraction of sp³-hybridized carbons (Fsp3) is 0.700. The van der Waals surface area contributed by atoms with Gasteiger partial charge in [-0.15, -0.1) is 0 Å². The Labute approximate surface area is 155 Å². The molecule has 1 aromatic heterocycles. The number of hydrogen-bond donors (Lipinski definition) is 2. The number of likely N-dealkylation sites (tertiary alicyclic amines) is 2. The van der Waals surface area contributed by atoms with E-state index in [1.165, 1.54) is 30.5 Å². The summed E-state index contributed by atoms with van der Waals surface area (Å²) in [6.07, 6.45) is 5.96. The van der Waals surface area contributed by atoms with Crippen molar-refractivity contribution in [2.45, 2.75) is 44.4 Å². The highest BCUT2D eigenvalue weighted by Crippen LogP contribution is 2.30. The average molecular weight is 358 g/mol. The van der Waals surface area contributed by atoms with E-state index in [1.54, 1.807) is 4.90 Å². The summed E-state index contributed by atoms with van der Waals surface area (Å²) in [5.41, 5.74) is 2.62. The molecule has 6 nitrogen and oxygen atoms in total. The standard InChI is InChI=1S/C20H30N4O2/c25-20(26)24-12-5-15(6-13-24)14-23-10-7-16(8-11-23)18-4-3-17-2-1-9-21-19(17)22-18/h3-4,15-16H,1-2,5-14H2,(H,21,22)(H,25,26). The lowest BCUT2D eigenvalue weighted by atomic mass is 9.90. The van der Waals surface area contributed by atoms with Crippen molar-refractivity contribution < 1.29 is 9.90 Å². The van der Waals surface area contributed by atoms with Crippen molar-refractivity contribution in [3.63, 3.8) is 0 Å². The number of aryl methyl sites for hydroxylation is 1. The van der Waals surface area contributed by atoms with Gasteiger partial charge in [-0.1, -0.05) is 6.07 Å². The highest BCUT2D eigenvalue weighted by atomic mass is 16.4. The predicted molar refractivity (Wildman–Crippen MR) is 102 cm³/mol. The van der Waals surface area contributed by atoms with Crippen molar-refractivity contribution in [1.82, 2.24) is 14.8 Å². The Hall–Kier alpha value is -1.82. The van der Waals surface area contributed by atoms with Crippen LogP contribution in [-0.2, 0) is 6.42 Å². The lowest BCUT2D eigenvalue weighted by Crippen LogP contribution is -2.42. The molecule has 4 rings (SSSR count). The van der Waals surface area contributed by atoms with Gasteiger partial charge >= 0.3 is 6.09 Å². The van der Waals surface area contributed by atoms with Gasteiger partial charge in [0.25, 0.3) is 0 Å². The van der Waals surface area contributed by atoms with E-state index >= 15 is 0 Å². The molecule has 0 atom stereocenters. The third-order valence-corrected chi connectivity index (χ3v) is 6.32. The minimum atomic E-state index is -0.767. The number of fused-ring (bicyclic) bond motifs is 1. The molecule has 0 bridgehead atoms. The first-order chi connectivity index (χ1) is 12.7. The van der Waals surface area contributed by atoms with Gasteiger partial charge in [0.1, 0.15) is 5.82 Å². The molecule has 6 heteroatoms. The molecule has 0 aromatic carbocycles. The molecule has 26 heavy (non-hydrogen) atoms. The molecule has 2 N–H and O–H groups in total. The van der Waals surface area contributed by atoms with E-state index in [9.17, 15) is 4.79 Å². The van der Waals surface area contributed by atoms with Crippen molar-refractivity contribution >= 4 is 11.9 Å². The maximum atomic E-state index is 11.0. The fourth-order valence-electron chi connectivity index (χ4n) is 4.65. The molecular formula is C20H30N4O2. The summed E-state index contributed by atoms with van der Waals surface area (Å²) in [6.45, 7) is 5.83. The quantitative estimate of drug-likeness (QED) is 0.869. The number of pyridine rings is 1. The highest BCUT2D eigenvalue weighted by molar-refractivity contribution is 5.64. The summed E-state index contributed by atoms with van der Waals surface area (Å²) in [4.78, 5) is 20.1. The highest BCUT2D eigenvalue weighted by Gasteiger charge is 2.27. The van der Waals surface area contributed by atoms with Crippen LogP contribution in [0.2, 0.25) is 0 Å². The van der Waals surface area contributed by atoms with Crippen molar-refractivity contribution in [2.24, 2.45) is 5.92 Å². The minimum Gasteiger partial charge on any atom is -0.465 e. The van der Waals surface area contributed by atoms with E-state index in [1.807, 2.05) is 0 Å². The van der Waals surface area contributed by atoms with Crippen LogP contribution in [0.3, 0.4) is 0 Å². The number of carbonyl (C=O) groups is 1. The molecule has 0 saturated carbocycles. The van der Waals surface area contributed by atoms with Gasteiger partial charge in [0.05, 0.1) is 0 Å². The molecule has 0 spiro atoms. The molecule has 2 fully saturated rings. The van der Waals surface area contributed by atoms with Crippen LogP contribution < -0.4 is 5.32 Å². The Morgan fingerprint density at radius 3 is 2.65 bits per heavy atom. The smallest absolute Gasteiger partial charge is 0.407 e. The van der Waals surface area contributed by atoms with E-state index in [-0.39, 0.29) is 0 Å². The molecule has 0 unspecified atom stereocenters. The number of nitrogens with zero attached hydrogens (tertiary/aromatic N) is 3. The van der Waals surface area contributed by atoms with Crippen LogP contribution in [0.25, 0.3) is 0 Å². The van der Waals surface area contributed by atoms with Crippen molar-refractivity contribution in [2.75, 3.05) is 44.6 Å². The molecule has 1 amide bonds. The van der Waals surface area contributed by atoms with Crippen LogP contribution in [0.4, 0.5) is 10.6 Å². The number of nitrogens with one attached hydrogen (secondary N) is 1. The van der Waals surface area contributed by atoms with E-state index in [4.69, 9.17) is 10.1 Å². The predicted octanol–water partition coefficient (Wildman–Crippen LogP) is 3.01. The second kappa shape index (κ2) is 7.82. The molecule has 142 valence electrons. The topological polar surface area (TPSA) is 68.7 Å². The first-order valence-electron chi connectivity index (χ1n) is 10.1. The van der Waals surface area contributed by atoms with Crippen LogP contribution in [0, 0.1) is 5.92 Å². The first-order valence-corrected chi connectivity index (χ1v) is 10.1. The summed E-state index contributed by atoms with van der Waals surface area (Å²) >= 11 is 0. The van der Waals surface area contributed by atoms with Crippen LogP contribution in [-0.4, -0.2) is 65.3 Å². The van der Waals surface area contributed by atoms with Crippen molar-refractivity contribution in [3.05, 3.63) is 23.4 Å². The average Bonchev–Trinajstić information content (AvgIpc) is 2.68. The van der Waals surface area contributed by atoms with Crippen molar-refractivity contribution in [1.29, 1.82) is 0 Å². The van der Waals surface area contributed by atoms with E-state index in [2.05, 4.69) is 22.3 Å². The lowest BCUT2D eigenvalue weighted by molar-refractivity contribution is 0.107. The summed E-state index contributed by atoms with van der Waals surface area (Å²) < 4.78 is 0. The Morgan fingerprint density at radius 1 is 1.15 bits per heavy atom. The van der Waals surface area contributed by atoms with E-state index in [0.717, 1.165) is 51.3 Å². The first kappa shape index (κ1) is 17.6. The zero-order chi connectivity index (χ0) is 17.9. The Bertz CT molecular complexity index is 635. The van der Waals surface area contributed by atoms with Crippen LogP contribution >= 0.6 is 0 Å². The maximum absolute atomic E-state index is 11.0. The molecule has 3 aliphatic heterocycles. The Balaban J connectivity index is 1.26. The second-order valence-electron chi connectivity index (χ2n) is 8.06. The third-order valence-electron chi connectivity index (χ3n) is 6.32. The Kier molecular flexibility index (Phi) is 5.29. The van der Waals surface area contributed by atoms with Gasteiger partial charge in [-0.3, -0.25) is 0 Å². The van der Waals surface area contributed by atoms with Gasteiger partial charge in [0, 0.05) is 37.8 Å². The van der Waals surface area contributed by atoms with Gasteiger partial charge in [-0.2, -0.15) is 0 Å². The largest absolute Gasteiger partial charge is 0.465 e. The van der Waals surface area contributed by atoms with Crippen LogP contribution in [0.15, 0.2) is 12.1 Å². The lowest BCUT2D eigenvalue weighted by Gasteiger charge is -2.37. The van der Waals surface area contributed by atoms with Gasteiger partial charge in [0.2, 0.25) is 0 Å². The molecule has 0 radical (unpaired) electrons. The van der Waals surface area contributed by atoms with Crippen LogP contribution in [0.1, 0.15) is 49.3 Å². The SMILES string of the molecule is O=C(O)N1CCC(CN2CCC(c3ccc4c(n3)NCCC4)CC2)CC1. The number of rotatable bonds is 3. The van der Waals surface area contributed by atoms with Gasteiger partial charge in [0.15, 0.2) is 0 Å². The third kappa shape index (κ3) is 3.95. The molecule has 1 aromatic rings. The molecule has 3 aliphatic rings. The number of amides is 1. The second-order valence-corrected chi connectivity index (χ2v) is 8.06. The molecular weight excluding hydrogens is 328 g/mol. The fourth-order valence-corrected chi connectivity index (χ4v) is 4.65. The van der Waals surface area contributed by atoms with E-state index < -0.39 is 6.09 Å². The zero-order valence-electron chi connectivity index (χ0n) is 15.5. The number of anilines is 1.